The Kier molecular flexibility index (Phi) is 3.52. The fraction of sp³-hybridized carbons (Fsp3) is 0.778. The van der Waals surface area contributed by atoms with Gasteiger partial charge in [0.2, 0.25) is 17.7 Å². The lowest BCUT2D eigenvalue weighted by atomic mass is 10.1. The second-order valence-electron chi connectivity index (χ2n) is 8.32. The van der Waals surface area contributed by atoms with E-state index in [1.165, 1.54) is 12.8 Å². The number of fused-ring (bicyclic) bond motifs is 2. The molecule has 8 heteroatoms. The molecular formula is C18H25N5O3. The van der Waals surface area contributed by atoms with E-state index in [2.05, 4.69) is 22.0 Å². The molecule has 4 atom stereocenters. The fourth-order valence-electron chi connectivity index (χ4n) is 4.93. The number of piperazine rings is 1. The van der Waals surface area contributed by atoms with Crippen LogP contribution in [-0.2, 0) is 9.59 Å². The van der Waals surface area contributed by atoms with Crippen LogP contribution in [0.4, 0.5) is 6.01 Å². The standard InChI is InChI=1S/C18H25N5O3/c1-10(12-3-4-12)21-7-13(5-16(21)24)17(25)22-8-15-6-14(22)9-23(15)18-20-19-11(2)26-18/h10,12-15H,3-9H2,1-2H3/t10?,13?,14-,15-/m0/s1. The van der Waals surface area contributed by atoms with Crippen molar-refractivity contribution in [2.45, 2.75) is 57.7 Å². The Balaban J connectivity index is 1.23. The molecule has 5 rings (SSSR count). The van der Waals surface area contributed by atoms with Crippen LogP contribution >= 0.6 is 0 Å². The first-order valence-corrected chi connectivity index (χ1v) is 9.68. The minimum atomic E-state index is -0.179. The molecule has 3 aliphatic heterocycles. The van der Waals surface area contributed by atoms with E-state index in [1.807, 2.05) is 9.80 Å². The molecule has 0 radical (unpaired) electrons. The third-order valence-corrected chi connectivity index (χ3v) is 6.59. The van der Waals surface area contributed by atoms with Gasteiger partial charge in [-0.15, -0.1) is 5.10 Å². The van der Waals surface area contributed by atoms with Crippen molar-refractivity contribution in [3.63, 3.8) is 0 Å². The molecule has 1 aromatic heterocycles. The number of hydrogen-bond donors (Lipinski definition) is 0. The second kappa shape index (κ2) is 5.69. The number of hydrogen-bond acceptors (Lipinski definition) is 6. The molecule has 2 bridgehead atoms. The number of likely N-dealkylation sites (tertiary alicyclic amines) is 2. The van der Waals surface area contributed by atoms with Crippen LogP contribution in [0.25, 0.3) is 0 Å². The summed E-state index contributed by atoms with van der Waals surface area (Å²) in [4.78, 5) is 31.5. The molecule has 1 aliphatic carbocycles. The zero-order chi connectivity index (χ0) is 18.0. The lowest BCUT2D eigenvalue weighted by molar-refractivity contribution is -0.136. The van der Waals surface area contributed by atoms with Crippen LogP contribution in [0.3, 0.4) is 0 Å². The van der Waals surface area contributed by atoms with Gasteiger partial charge in [-0.05, 0) is 32.1 Å². The van der Waals surface area contributed by atoms with E-state index < -0.39 is 0 Å². The van der Waals surface area contributed by atoms with Gasteiger partial charge < -0.3 is 19.1 Å². The number of carbonyl (C=O) groups excluding carboxylic acids is 2. The summed E-state index contributed by atoms with van der Waals surface area (Å²) in [5.74, 6) is 1.32. The molecule has 4 aliphatic rings. The van der Waals surface area contributed by atoms with E-state index in [0.717, 1.165) is 13.0 Å². The third kappa shape index (κ3) is 2.49. The van der Waals surface area contributed by atoms with Gasteiger partial charge >= 0.3 is 6.01 Å². The van der Waals surface area contributed by atoms with E-state index in [0.29, 0.717) is 37.3 Å². The van der Waals surface area contributed by atoms with Crippen molar-refractivity contribution in [3.05, 3.63) is 5.89 Å². The number of anilines is 1. The first kappa shape index (κ1) is 16.1. The Morgan fingerprint density at radius 1 is 1.19 bits per heavy atom. The summed E-state index contributed by atoms with van der Waals surface area (Å²) in [6.07, 6.45) is 3.74. The molecule has 0 aromatic carbocycles. The van der Waals surface area contributed by atoms with Gasteiger partial charge in [-0.1, -0.05) is 5.10 Å². The topological polar surface area (TPSA) is 82.8 Å². The first-order chi connectivity index (χ1) is 12.5. The van der Waals surface area contributed by atoms with Crippen LogP contribution in [0, 0.1) is 18.8 Å². The molecule has 140 valence electrons. The molecule has 4 heterocycles. The Hall–Kier alpha value is -2.12. The maximum Gasteiger partial charge on any atom is 0.318 e. The van der Waals surface area contributed by atoms with Crippen molar-refractivity contribution in [1.82, 2.24) is 20.0 Å². The lowest BCUT2D eigenvalue weighted by Gasteiger charge is -2.34. The number of amides is 2. The quantitative estimate of drug-likeness (QED) is 0.791. The SMILES string of the molecule is Cc1nnc(N2C[C@@H]3C[C@H]2CN3C(=O)C2CC(=O)N(C(C)C3CC3)C2)o1. The molecule has 3 saturated heterocycles. The van der Waals surface area contributed by atoms with Crippen LogP contribution in [-0.4, -0.2) is 69.6 Å². The first-order valence-electron chi connectivity index (χ1n) is 9.68. The predicted octanol–water partition coefficient (Wildman–Crippen LogP) is 0.815. The van der Waals surface area contributed by atoms with Crippen LogP contribution in [0.15, 0.2) is 4.42 Å². The Bertz CT molecular complexity index is 745. The summed E-state index contributed by atoms with van der Waals surface area (Å²) in [5.41, 5.74) is 0. The highest BCUT2D eigenvalue weighted by molar-refractivity contribution is 5.90. The third-order valence-electron chi connectivity index (χ3n) is 6.59. The molecule has 1 saturated carbocycles. The average Bonchev–Trinajstić information content (AvgIpc) is 2.97. The smallest absolute Gasteiger partial charge is 0.318 e. The Morgan fingerprint density at radius 3 is 2.62 bits per heavy atom. The number of aromatic nitrogens is 2. The van der Waals surface area contributed by atoms with Crippen molar-refractivity contribution >= 4 is 17.8 Å². The van der Waals surface area contributed by atoms with Gasteiger partial charge in [0.25, 0.3) is 0 Å². The molecule has 2 amide bonds. The normalized spacial score (nSPS) is 32.0. The summed E-state index contributed by atoms with van der Waals surface area (Å²) in [5, 5.41) is 8.01. The lowest BCUT2D eigenvalue weighted by Crippen LogP contribution is -2.51. The molecule has 2 unspecified atom stereocenters. The minimum absolute atomic E-state index is 0.148. The van der Waals surface area contributed by atoms with E-state index in [9.17, 15) is 9.59 Å². The molecule has 1 aromatic rings. The van der Waals surface area contributed by atoms with Gasteiger partial charge in [0.1, 0.15) is 0 Å². The van der Waals surface area contributed by atoms with Gasteiger partial charge in [-0.2, -0.15) is 0 Å². The molecule has 8 nitrogen and oxygen atoms in total. The molecular weight excluding hydrogens is 334 g/mol. The highest BCUT2D eigenvalue weighted by Gasteiger charge is 2.50. The molecule has 0 N–H and O–H groups in total. The van der Waals surface area contributed by atoms with Crippen molar-refractivity contribution in [1.29, 1.82) is 0 Å². The van der Waals surface area contributed by atoms with Crippen molar-refractivity contribution in [2.24, 2.45) is 11.8 Å². The predicted molar refractivity (Wildman–Crippen MR) is 92.3 cm³/mol. The van der Waals surface area contributed by atoms with Crippen LogP contribution in [0.5, 0.6) is 0 Å². The van der Waals surface area contributed by atoms with Crippen LogP contribution < -0.4 is 4.90 Å². The van der Waals surface area contributed by atoms with Gasteiger partial charge in [0.05, 0.1) is 18.0 Å². The number of rotatable bonds is 4. The minimum Gasteiger partial charge on any atom is -0.408 e. The highest BCUT2D eigenvalue weighted by Crippen LogP contribution is 2.39. The number of carbonyl (C=O) groups is 2. The fourth-order valence-corrected chi connectivity index (χ4v) is 4.93. The van der Waals surface area contributed by atoms with Gasteiger partial charge in [-0.3, -0.25) is 9.59 Å². The zero-order valence-corrected chi connectivity index (χ0v) is 15.3. The highest BCUT2D eigenvalue weighted by atomic mass is 16.4. The summed E-state index contributed by atoms with van der Waals surface area (Å²) >= 11 is 0. The van der Waals surface area contributed by atoms with Crippen molar-refractivity contribution in [3.8, 4) is 0 Å². The van der Waals surface area contributed by atoms with Gasteiger partial charge in [0.15, 0.2) is 0 Å². The van der Waals surface area contributed by atoms with E-state index in [4.69, 9.17) is 4.42 Å². The van der Waals surface area contributed by atoms with Crippen LogP contribution in [0.1, 0.15) is 38.5 Å². The Labute approximate surface area is 152 Å². The second-order valence-corrected chi connectivity index (χ2v) is 8.32. The monoisotopic (exact) mass is 359 g/mol. The van der Waals surface area contributed by atoms with E-state index in [1.54, 1.807) is 6.92 Å². The zero-order valence-electron chi connectivity index (χ0n) is 15.3. The maximum absolute atomic E-state index is 13.1. The summed E-state index contributed by atoms with van der Waals surface area (Å²) < 4.78 is 5.55. The van der Waals surface area contributed by atoms with Crippen LogP contribution in [0.2, 0.25) is 0 Å². The Morgan fingerprint density at radius 2 is 2.00 bits per heavy atom. The van der Waals surface area contributed by atoms with E-state index >= 15 is 0 Å². The number of aryl methyl sites for hydroxylation is 1. The summed E-state index contributed by atoms with van der Waals surface area (Å²) in [6.45, 7) is 5.93. The largest absolute Gasteiger partial charge is 0.408 e. The molecule has 4 fully saturated rings. The average molecular weight is 359 g/mol. The van der Waals surface area contributed by atoms with Gasteiger partial charge in [0, 0.05) is 39.0 Å². The van der Waals surface area contributed by atoms with Gasteiger partial charge in [-0.25, -0.2) is 0 Å². The summed E-state index contributed by atoms with van der Waals surface area (Å²) in [6, 6.07) is 1.27. The number of nitrogens with zero attached hydrogens (tertiary/aromatic N) is 5. The summed E-state index contributed by atoms with van der Waals surface area (Å²) in [7, 11) is 0. The molecule has 26 heavy (non-hydrogen) atoms. The van der Waals surface area contributed by atoms with Crippen molar-refractivity contribution < 1.29 is 14.0 Å². The van der Waals surface area contributed by atoms with E-state index in [-0.39, 0.29) is 35.9 Å². The maximum atomic E-state index is 13.1. The molecule has 0 spiro atoms. The van der Waals surface area contributed by atoms with Crippen molar-refractivity contribution in [2.75, 3.05) is 24.5 Å².